The molecule has 5 nitrogen and oxygen atoms in total. The highest BCUT2D eigenvalue weighted by Gasteiger charge is 2.19. The maximum atomic E-state index is 12.0. The number of nitrogens with zero attached hydrogens (tertiary/aromatic N) is 2. The first-order valence-electron chi connectivity index (χ1n) is 7.02. The Hall–Kier alpha value is -1.33. The van der Waals surface area contributed by atoms with E-state index in [1.165, 1.54) is 6.07 Å². The summed E-state index contributed by atoms with van der Waals surface area (Å²) < 4.78 is 0. The predicted molar refractivity (Wildman–Crippen MR) is 80.8 cm³/mol. The van der Waals surface area contributed by atoms with Gasteiger partial charge in [-0.2, -0.15) is 0 Å². The Kier molecular flexibility index (Phi) is 5.20. The molecule has 2 rings (SSSR count). The lowest BCUT2D eigenvalue weighted by atomic mass is 9.97. The number of anilines is 1. The lowest BCUT2D eigenvalue weighted by molar-refractivity contribution is 0.0937. The zero-order valence-corrected chi connectivity index (χ0v) is 12.5. The fourth-order valence-electron chi connectivity index (χ4n) is 2.49. The van der Waals surface area contributed by atoms with Gasteiger partial charge >= 0.3 is 0 Å². The van der Waals surface area contributed by atoms with Crippen LogP contribution in [0.25, 0.3) is 0 Å². The third kappa shape index (κ3) is 4.08. The van der Waals surface area contributed by atoms with E-state index in [1.54, 1.807) is 6.07 Å². The maximum Gasteiger partial charge on any atom is 0.251 e. The van der Waals surface area contributed by atoms with Gasteiger partial charge in [-0.05, 0) is 50.5 Å². The van der Waals surface area contributed by atoms with Crippen molar-refractivity contribution < 1.29 is 4.79 Å². The molecule has 0 bridgehead atoms. The topological polar surface area (TPSA) is 71.2 Å². The van der Waals surface area contributed by atoms with E-state index in [4.69, 9.17) is 17.3 Å². The van der Waals surface area contributed by atoms with Crippen molar-refractivity contribution in [2.24, 2.45) is 5.92 Å². The summed E-state index contributed by atoms with van der Waals surface area (Å²) in [6, 6.07) is 3.08. The number of aromatic nitrogens is 1. The number of amides is 1. The molecule has 1 aliphatic rings. The lowest BCUT2D eigenvalue weighted by Crippen LogP contribution is -2.38. The van der Waals surface area contributed by atoms with E-state index < -0.39 is 0 Å². The molecule has 0 atom stereocenters. The van der Waals surface area contributed by atoms with Crippen LogP contribution < -0.4 is 11.1 Å². The summed E-state index contributed by atoms with van der Waals surface area (Å²) in [7, 11) is 0. The van der Waals surface area contributed by atoms with Crippen molar-refractivity contribution in [1.29, 1.82) is 0 Å². The minimum atomic E-state index is -0.140. The second-order valence-electron chi connectivity index (χ2n) is 5.19. The Labute approximate surface area is 124 Å². The van der Waals surface area contributed by atoms with Crippen LogP contribution >= 0.6 is 11.6 Å². The zero-order chi connectivity index (χ0) is 14.5. The number of carbonyl (C=O) groups is 1. The van der Waals surface area contributed by atoms with Crippen LogP contribution in [0.1, 0.15) is 30.1 Å². The number of rotatable bonds is 4. The second kappa shape index (κ2) is 6.90. The molecule has 1 fully saturated rings. The Morgan fingerprint density at radius 3 is 2.80 bits per heavy atom. The molecule has 0 aliphatic carbocycles. The highest BCUT2D eigenvalue weighted by molar-refractivity contribution is 6.29. The van der Waals surface area contributed by atoms with Gasteiger partial charge in [-0.25, -0.2) is 4.98 Å². The first-order chi connectivity index (χ1) is 9.58. The highest BCUT2D eigenvalue weighted by atomic mass is 35.5. The summed E-state index contributed by atoms with van der Waals surface area (Å²) in [5.41, 5.74) is 6.05. The molecule has 0 radical (unpaired) electrons. The van der Waals surface area contributed by atoms with Crippen LogP contribution in [0.2, 0.25) is 5.15 Å². The van der Waals surface area contributed by atoms with E-state index in [1.807, 2.05) is 0 Å². The predicted octanol–water partition coefficient (Wildman–Crippen LogP) is 1.78. The Balaban J connectivity index is 1.83. The van der Waals surface area contributed by atoms with Gasteiger partial charge in [0.05, 0.1) is 0 Å². The third-order valence-electron chi connectivity index (χ3n) is 3.78. The normalized spacial score (nSPS) is 17.1. The third-order valence-corrected chi connectivity index (χ3v) is 3.98. The number of hydrogen-bond donors (Lipinski definition) is 2. The van der Waals surface area contributed by atoms with Crippen molar-refractivity contribution in [2.75, 3.05) is 31.9 Å². The van der Waals surface area contributed by atoms with Crippen LogP contribution in [0.15, 0.2) is 12.1 Å². The SMILES string of the molecule is CCN1CCC(CNC(=O)c2cc(N)nc(Cl)c2)CC1. The smallest absolute Gasteiger partial charge is 0.251 e. The number of nitrogens with one attached hydrogen (secondary N) is 1. The number of piperidine rings is 1. The van der Waals surface area contributed by atoms with E-state index >= 15 is 0 Å². The van der Waals surface area contributed by atoms with Crippen LogP contribution in [0, 0.1) is 5.92 Å². The number of hydrogen-bond acceptors (Lipinski definition) is 4. The molecule has 20 heavy (non-hydrogen) atoms. The average molecular weight is 297 g/mol. The van der Waals surface area contributed by atoms with Gasteiger partial charge in [0.15, 0.2) is 0 Å². The van der Waals surface area contributed by atoms with Gasteiger partial charge in [0.1, 0.15) is 11.0 Å². The monoisotopic (exact) mass is 296 g/mol. The molecule has 3 N–H and O–H groups in total. The summed E-state index contributed by atoms with van der Waals surface area (Å²) >= 11 is 5.80. The standard InChI is InChI=1S/C14H21ClN4O/c1-2-19-5-3-10(4-6-19)9-17-14(20)11-7-12(15)18-13(16)8-11/h7-8,10H,2-6,9H2,1H3,(H2,16,18)(H,17,20). The molecule has 1 aromatic rings. The van der Waals surface area contributed by atoms with Crippen LogP contribution in [0.4, 0.5) is 5.82 Å². The van der Waals surface area contributed by atoms with Crippen molar-refractivity contribution >= 4 is 23.3 Å². The fourth-order valence-corrected chi connectivity index (χ4v) is 2.71. The highest BCUT2D eigenvalue weighted by Crippen LogP contribution is 2.16. The first-order valence-corrected chi connectivity index (χ1v) is 7.40. The fraction of sp³-hybridized carbons (Fsp3) is 0.571. The maximum absolute atomic E-state index is 12.0. The summed E-state index contributed by atoms with van der Waals surface area (Å²) in [6.07, 6.45) is 2.26. The van der Waals surface area contributed by atoms with E-state index in [0.717, 1.165) is 32.5 Å². The van der Waals surface area contributed by atoms with Gasteiger partial charge in [0.25, 0.3) is 5.91 Å². The average Bonchev–Trinajstić information content (AvgIpc) is 2.44. The molecular weight excluding hydrogens is 276 g/mol. The van der Waals surface area contributed by atoms with E-state index in [0.29, 0.717) is 18.0 Å². The minimum Gasteiger partial charge on any atom is -0.384 e. The molecule has 1 aliphatic heterocycles. The quantitative estimate of drug-likeness (QED) is 0.831. The lowest BCUT2D eigenvalue weighted by Gasteiger charge is -2.31. The molecule has 1 amide bonds. The zero-order valence-electron chi connectivity index (χ0n) is 11.7. The Morgan fingerprint density at radius 2 is 2.20 bits per heavy atom. The summed E-state index contributed by atoms with van der Waals surface area (Å²) in [5, 5.41) is 3.20. The molecule has 1 saturated heterocycles. The van der Waals surface area contributed by atoms with Gasteiger partial charge in [0.2, 0.25) is 0 Å². The second-order valence-corrected chi connectivity index (χ2v) is 5.58. The van der Waals surface area contributed by atoms with E-state index in [9.17, 15) is 4.79 Å². The van der Waals surface area contributed by atoms with Gasteiger partial charge < -0.3 is 16.0 Å². The van der Waals surface area contributed by atoms with Crippen LogP contribution in [-0.4, -0.2) is 42.0 Å². The summed E-state index contributed by atoms with van der Waals surface area (Å²) in [5.74, 6) is 0.675. The molecule has 6 heteroatoms. The van der Waals surface area contributed by atoms with Crippen molar-refractivity contribution in [3.63, 3.8) is 0 Å². The molecule has 0 aromatic carbocycles. The molecular formula is C14H21ClN4O. The number of nitrogens with two attached hydrogens (primary N) is 1. The summed E-state index contributed by atoms with van der Waals surface area (Å²) in [4.78, 5) is 18.3. The van der Waals surface area contributed by atoms with Gasteiger partial charge in [-0.1, -0.05) is 18.5 Å². The molecule has 2 heterocycles. The Morgan fingerprint density at radius 1 is 1.50 bits per heavy atom. The molecule has 0 saturated carbocycles. The van der Waals surface area contributed by atoms with Crippen molar-refractivity contribution in [3.05, 3.63) is 22.8 Å². The van der Waals surface area contributed by atoms with Crippen LogP contribution in [0.3, 0.4) is 0 Å². The summed E-state index contributed by atoms with van der Waals surface area (Å²) in [6.45, 7) is 6.22. The van der Waals surface area contributed by atoms with E-state index in [-0.39, 0.29) is 16.9 Å². The molecule has 0 spiro atoms. The largest absolute Gasteiger partial charge is 0.384 e. The van der Waals surface area contributed by atoms with Crippen LogP contribution in [0.5, 0.6) is 0 Å². The number of likely N-dealkylation sites (tertiary alicyclic amines) is 1. The molecule has 110 valence electrons. The van der Waals surface area contributed by atoms with Crippen molar-refractivity contribution in [3.8, 4) is 0 Å². The number of pyridine rings is 1. The van der Waals surface area contributed by atoms with Gasteiger partial charge in [-0.15, -0.1) is 0 Å². The van der Waals surface area contributed by atoms with Crippen molar-refractivity contribution in [2.45, 2.75) is 19.8 Å². The number of nitrogen functional groups attached to an aromatic ring is 1. The first kappa shape index (κ1) is 15.1. The number of carbonyl (C=O) groups excluding carboxylic acids is 1. The number of halogens is 1. The minimum absolute atomic E-state index is 0.140. The van der Waals surface area contributed by atoms with Crippen molar-refractivity contribution in [1.82, 2.24) is 15.2 Å². The Bertz CT molecular complexity index is 452. The molecule has 1 aromatic heterocycles. The molecule has 0 unspecified atom stereocenters. The van der Waals surface area contributed by atoms with Gasteiger partial charge in [0, 0.05) is 12.1 Å². The van der Waals surface area contributed by atoms with E-state index in [2.05, 4.69) is 22.1 Å². The van der Waals surface area contributed by atoms with Gasteiger partial charge in [-0.3, -0.25) is 4.79 Å². The van der Waals surface area contributed by atoms with Crippen LogP contribution in [-0.2, 0) is 0 Å².